The average molecular weight is 266 g/mol. The van der Waals surface area contributed by atoms with E-state index >= 15 is 0 Å². The standard InChI is InChI=1S/C17H34N2/c1-5-14(3)16-12-19(15-10-8-7-9-11-15)17(4,6-2)13-18-16/h14-16,18H,5-13H2,1-4H3. The Morgan fingerprint density at radius 1 is 1.21 bits per heavy atom. The second kappa shape index (κ2) is 6.58. The van der Waals surface area contributed by atoms with Crippen LogP contribution in [0.25, 0.3) is 0 Å². The van der Waals surface area contributed by atoms with E-state index in [9.17, 15) is 0 Å². The molecule has 2 nitrogen and oxygen atoms in total. The van der Waals surface area contributed by atoms with Gasteiger partial charge < -0.3 is 5.32 Å². The van der Waals surface area contributed by atoms with E-state index < -0.39 is 0 Å². The minimum Gasteiger partial charge on any atom is -0.311 e. The highest BCUT2D eigenvalue weighted by Crippen LogP contribution is 2.33. The summed E-state index contributed by atoms with van der Waals surface area (Å²) in [4.78, 5) is 2.89. The molecule has 0 spiro atoms. The Balaban J connectivity index is 2.08. The number of rotatable bonds is 4. The Morgan fingerprint density at radius 3 is 2.47 bits per heavy atom. The Hall–Kier alpha value is -0.0800. The minimum absolute atomic E-state index is 0.381. The van der Waals surface area contributed by atoms with Crippen LogP contribution in [0.5, 0.6) is 0 Å². The molecule has 1 saturated heterocycles. The molecule has 2 rings (SSSR count). The number of piperazine rings is 1. The maximum absolute atomic E-state index is 3.84. The van der Waals surface area contributed by atoms with Crippen molar-refractivity contribution < 1.29 is 0 Å². The third-order valence-electron chi connectivity index (χ3n) is 5.94. The summed E-state index contributed by atoms with van der Waals surface area (Å²) in [5.74, 6) is 0.799. The van der Waals surface area contributed by atoms with Gasteiger partial charge in [0.1, 0.15) is 0 Å². The summed E-state index contributed by atoms with van der Waals surface area (Å²) in [5.41, 5.74) is 0.381. The summed E-state index contributed by atoms with van der Waals surface area (Å²) >= 11 is 0. The smallest absolute Gasteiger partial charge is 0.0306 e. The third-order valence-corrected chi connectivity index (χ3v) is 5.94. The van der Waals surface area contributed by atoms with Crippen molar-refractivity contribution in [2.24, 2.45) is 5.92 Å². The molecule has 0 aromatic carbocycles. The van der Waals surface area contributed by atoms with Gasteiger partial charge in [-0.05, 0) is 32.1 Å². The van der Waals surface area contributed by atoms with Gasteiger partial charge in [0.2, 0.25) is 0 Å². The molecule has 0 aromatic heterocycles. The predicted molar refractivity (Wildman–Crippen MR) is 83.5 cm³/mol. The molecule has 1 N–H and O–H groups in total. The van der Waals surface area contributed by atoms with Gasteiger partial charge in [-0.15, -0.1) is 0 Å². The van der Waals surface area contributed by atoms with E-state index in [1.54, 1.807) is 0 Å². The summed E-state index contributed by atoms with van der Waals surface area (Å²) in [7, 11) is 0. The van der Waals surface area contributed by atoms with Crippen molar-refractivity contribution in [1.82, 2.24) is 10.2 Å². The van der Waals surface area contributed by atoms with Crippen LogP contribution in [0.4, 0.5) is 0 Å². The third kappa shape index (κ3) is 3.33. The molecule has 19 heavy (non-hydrogen) atoms. The topological polar surface area (TPSA) is 15.3 Å². The fourth-order valence-electron chi connectivity index (χ4n) is 3.93. The molecule has 3 unspecified atom stereocenters. The van der Waals surface area contributed by atoms with E-state index in [2.05, 4.69) is 37.9 Å². The minimum atomic E-state index is 0.381. The molecule has 1 aliphatic heterocycles. The number of hydrogen-bond donors (Lipinski definition) is 1. The van der Waals surface area contributed by atoms with Gasteiger partial charge >= 0.3 is 0 Å². The Bertz CT molecular complexity index is 272. The SMILES string of the molecule is CCC(C)C1CN(C2CCCCC2)C(C)(CC)CN1. The van der Waals surface area contributed by atoms with Crippen molar-refractivity contribution in [3.8, 4) is 0 Å². The van der Waals surface area contributed by atoms with Crippen LogP contribution in [-0.4, -0.2) is 35.6 Å². The molecule has 2 fully saturated rings. The maximum Gasteiger partial charge on any atom is 0.0306 e. The number of nitrogens with one attached hydrogen (secondary N) is 1. The quantitative estimate of drug-likeness (QED) is 0.832. The Kier molecular flexibility index (Phi) is 5.30. The van der Waals surface area contributed by atoms with Crippen molar-refractivity contribution in [3.63, 3.8) is 0 Å². The molecule has 0 amide bonds. The number of nitrogens with zero attached hydrogens (tertiary/aromatic N) is 1. The first-order chi connectivity index (χ1) is 9.10. The van der Waals surface area contributed by atoms with E-state index in [-0.39, 0.29) is 0 Å². The van der Waals surface area contributed by atoms with Crippen molar-refractivity contribution in [3.05, 3.63) is 0 Å². The molecule has 0 radical (unpaired) electrons. The van der Waals surface area contributed by atoms with Gasteiger partial charge in [-0.1, -0.05) is 46.5 Å². The molecular weight excluding hydrogens is 232 g/mol. The van der Waals surface area contributed by atoms with Crippen molar-refractivity contribution in [2.45, 2.75) is 90.3 Å². The zero-order valence-corrected chi connectivity index (χ0v) is 13.5. The van der Waals surface area contributed by atoms with E-state index in [0.29, 0.717) is 11.6 Å². The normalized spacial score (nSPS) is 36.3. The summed E-state index contributed by atoms with van der Waals surface area (Å²) in [6.45, 7) is 12.0. The molecule has 1 aliphatic carbocycles. The van der Waals surface area contributed by atoms with Crippen LogP contribution in [0.15, 0.2) is 0 Å². The second-order valence-electron chi connectivity index (χ2n) is 7.17. The zero-order chi connectivity index (χ0) is 13.9. The Labute approximate surface area is 120 Å². The van der Waals surface area contributed by atoms with Gasteiger partial charge in [-0.2, -0.15) is 0 Å². The highest BCUT2D eigenvalue weighted by Gasteiger charge is 2.41. The lowest BCUT2D eigenvalue weighted by Gasteiger charge is -2.53. The summed E-state index contributed by atoms with van der Waals surface area (Å²) in [5, 5.41) is 3.84. The van der Waals surface area contributed by atoms with Gasteiger partial charge in [0, 0.05) is 30.7 Å². The average Bonchev–Trinajstić information content (AvgIpc) is 2.47. The van der Waals surface area contributed by atoms with Crippen LogP contribution in [0.2, 0.25) is 0 Å². The van der Waals surface area contributed by atoms with Gasteiger partial charge in [-0.3, -0.25) is 4.90 Å². The zero-order valence-electron chi connectivity index (χ0n) is 13.5. The van der Waals surface area contributed by atoms with Crippen LogP contribution in [0, 0.1) is 5.92 Å². The molecule has 3 atom stereocenters. The molecule has 1 saturated carbocycles. The maximum atomic E-state index is 3.84. The van der Waals surface area contributed by atoms with Crippen LogP contribution < -0.4 is 5.32 Å². The Morgan fingerprint density at radius 2 is 1.89 bits per heavy atom. The molecule has 2 heteroatoms. The lowest BCUT2D eigenvalue weighted by Crippen LogP contribution is -2.66. The lowest BCUT2D eigenvalue weighted by molar-refractivity contribution is -0.0116. The summed E-state index contributed by atoms with van der Waals surface area (Å²) in [6.07, 6.45) is 9.78. The first kappa shape index (κ1) is 15.3. The van der Waals surface area contributed by atoms with Gasteiger partial charge in [0.05, 0.1) is 0 Å². The highest BCUT2D eigenvalue weighted by molar-refractivity contribution is 4.99. The number of hydrogen-bond acceptors (Lipinski definition) is 2. The van der Waals surface area contributed by atoms with Crippen LogP contribution in [-0.2, 0) is 0 Å². The van der Waals surface area contributed by atoms with Crippen LogP contribution in [0.1, 0.15) is 72.6 Å². The largest absolute Gasteiger partial charge is 0.311 e. The van der Waals surface area contributed by atoms with Crippen molar-refractivity contribution >= 4 is 0 Å². The molecule has 0 aromatic rings. The fraction of sp³-hybridized carbons (Fsp3) is 1.00. The lowest BCUT2D eigenvalue weighted by atomic mass is 9.83. The molecular formula is C17H34N2. The molecule has 0 bridgehead atoms. The van der Waals surface area contributed by atoms with Crippen LogP contribution in [0.3, 0.4) is 0 Å². The van der Waals surface area contributed by atoms with Crippen molar-refractivity contribution in [1.29, 1.82) is 0 Å². The van der Waals surface area contributed by atoms with E-state index in [1.807, 2.05) is 0 Å². The fourth-order valence-corrected chi connectivity index (χ4v) is 3.93. The van der Waals surface area contributed by atoms with Gasteiger partial charge in [-0.25, -0.2) is 0 Å². The summed E-state index contributed by atoms with van der Waals surface area (Å²) < 4.78 is 0. The monoisotopic (exact) mass is 266 g/mol. The molecule has 1 heterocycles. The highest BCUT2D eigenvalue weighted by atomic mass is 15.3. The molecule has 112 valence electrons. The van der Waals surface area contributed by atoms with Crippen molar-refractivity contribution in [2.75, 3.05) is 13.1 Å². The first-order valence-corrected chi connectivity index (χ1v) is 8.61. The first-order valence-electron chi connectivity index (χ1n) is 8.61. The van der Waals surface area contributed by atoms with E-state index in [4.69, 9.17) is 0 Å². The molecule has 2 aliphatic rings. The van der Waals surface area contributed by atoms with Gasteiger partial charge in [0.15, 0.2) is 0 Å². The van der Waals surface area contributed by atoms with Crippen LogP contribution >= 0.6 is 0 Å². The second-order valence-corrected chi connectivity index (χ2v) is 7.17. The van der Waals surface area contributed by atoms with E-state index in [0.717, 1.165) is 12.0 Å². The van der Waals surface area contributed by atoms with Gasteiger partial charge in [0.25, 0.3) is 0 Å². The predicted octanol–water partition coefficient (Wildman–Crippen LogP) is 3.81. The van der Waals surface area contributed by atoms with E-state index in [1.165, 1.54) is 58.0 Å². The summed E-state index contributed by atoms with van der Waals surface area (Å²) in [6, 6.07) is 1.55.